The number of nitrogens with zero attached hydrogens (tertiary/aromatic N) is 4. The van der Waals surface area contributed by atoms with Crippen molar-refractivity contribution < 1.29 is 0 Å². The van der Waals surface area contributed by atoms with Gasteiger partial charge in [0.15, 0.2) is 0 Å². The molecule has 0 aliphatic heterocycles. The van der Waals surface area contributed by atoms with Crippen LogP contribution in [0.5, 0.6) is 0 Å². The summed E-state index contributed by atoms with van der Waals surface area (Å²) in [6.45, 7) is 3.14. The lowest BCUT2D eigenvalue weighted by Gasteiger charge is -2.17. The van der Waals surface area contributed by atoms with Gasteiger partial charge in [-0.3, -0.25) is 0 Å². The van der Waals surface area contributed by atoms with E-state index in [1.54, 1.807) is 6.20 Å². The predicted molar refractivity (Wildman–Crippen MR) is 113 cm³/mol. The largest absolute Gasteiger partial charge is 0.336 e. The maximum atomic E-state index is 4.19. The molecule has 0 amide bonds. The summed E-state index contributed by atoms with van der Waals surface area (Å²) in [5.74, 6) is 0. The van der Waals surface area contributed by atoms with E-state index in [9.17, 15) is 0 Å². The van der Waals surface area contributed by atoms with E-state index >= 15 is 0 Å². The second kappa shape index (κ2) is 8.59. The van der Waals surface area contributed by atoms with Crippen molar-refractivity contribution in [2.24, 2.45) is 0 Å². The van der Waals surface area contributed by atoms with Crippen LogP contribution in [0.25, 0.3) is 5.69 Å². The molecule has 6 heteroatoms. The number of imidazole rings is 2. The fourth-order valence-corrected chi connectivity index (χ4v) is 5.11. The van der Waals surface area contributed by atoms with Crippen molar-refractivity contribution in [3.63, 3.8) is 0 Å². The van der Waals surface area contributed by atoms with Gasteiger partial charge in [-0.25, -0.2) is 9.97 Å². The molecule has 3 aromatic heterocycles. The van der Waals surface area contributed by atoms with Gasteiger partial charge < -0.3 is 9.13 Å². The maximum Gasteiger partial charge on any atom is 0.0991 e. The van der Waals surface area contributed by atoms with Gasteiger partial charge in [0, 0.05) is 56.9 Å². The van der Waals surface area contributed by atoms with Crippen molar-refractivity contribution in [2.45, 2.75) is 36.5 Å². The minimum absolute atomic E-state index is 0.501. The lowest BCUT2D eigenvalue weighted by atomic mass is 10.2. The molecular formula is C21H22N4S2. The highest BCUT2D eigenvalue weighted by molar-refractivity contribution is 8.00. The van der Waals surface area contributed by atoms with Crippen LogP contribution in [0.3, 0.4) is 0 Å². The Kier molecular flexibility index (Phi) is 5.75. The molecular weight excluding hydrogens is 372 g/mol. The molecule has 0 bridgehead atoms. The van der Waals surface area contributed by atoms with Crippen LogP contribution in [0.4, 0.5) is 0 Å². The van der Waals surface area contributed by atoms with Gasteiger partial charge in [-0.15, -0.1) is 23.1 Å². The normalized spacial score (nSPS) is 12.3. The Morgan fingerprint density at radius 2 is 1.81 bits per heavy atom. The van der Waals surface area contributed by atoms with Gasteiger partial charge in [0.1, 0.15) is 0 Å². The first-order valence-corrected chi connectivity index (χ1v) is 10.7. The van der Waals surface area contributed by atoms with E-state index in [0.717, 1.165) is 25.1 Å². The number of rotatable bonds is 8. The van der Waals surface area contributed by atoms with E-state index in [1.165, 1.54) is 14.6 Å². The Morgan fingerprint density at radius 1 is 1.00 bits per heavy atom. The van der Waals surface area contributed by atoms with Gasteiger partial charge in [0.25, 0.3) is 0 Å². The lowest BCUT2D eigenvalue weighted by Crippen LogP contribution is -2.13. The van der Waals surface area contributed by atoms with Gasteiger partial charge >= 0.3 is 0 Å². The predicted octanol–water partition coefficient (Wildman–Crippen LogP) is 5.23. The Labute approximate surface area is 167 Å². The summed E-state index contributed by atoms with van der Waals surface area (Å²) in [7, 11) is 0. The SMILES string of the molecule is Cc1ccc(CCC(Cn2ccnc2)Sc2ccc(-n3ccnc3)cc2)s1. The number of thiophene rings is 1. The smallest absolute Gasteiger partial charge is 0.0991 e. The topological polar surface area (TPSA) is 35.6 Å². The summed E-state index contributed by atoms with van der Waals surface area (Å²) in [5.41, 5.74) is 1.14. The fourth-order valence-electron chi connectivity index (χ4n) is 3.04. The van der Waals surface area contributed by atoms with E-state index in [1.807, 2.05) is 58.9 Å². The van der Waals surface area contributed by atoms with Gasteiger partial charge in [-0.2, -0.15) is 0 Å². The number of hydrogen-bond donors (Lipinski definition) is 0. The minimum atomic E-state index is 0.501. The highest BCUT2D eigenvalue weighted by Crippen LogP contribution is 2.29. The molecule has 0 fully saturated rings. The maximum absolute atomic E-state index is 4.19. The summed E-state index contributed by atoms with van der Waals surface area (Å²) in [6.07, 6.45) is 13.7. The Bertz CT molecular complexity index is 941. The van der Waals surface area contributed by atoms with E-state index in [2.05, 4.69) is 57.9 Å². The number of aryl methyl sites for hydroxylation is 2. The molecule has 0 aliphatic carbocycles. The molecule has 4 rings (SSSR count). The van der Waals surface area contributed by atoms with Gasteiger partial charge in [-0.05, 0) is 56.2 Å². The summed E-state index contributed by atoms with van der Waals surface area (Å²) < 4.78 is 4.20. The van der Waals surface area contributed by atoms with Crippen molar-refractivity contribution in [3.8, 4) is 5.69 Å². The molecule has 4 nitrogen and oxygen atoms in total. The monoisotopic (exact) mass is 394 g/mol. The Balaban J connectivity index is 1.44. The number of aromatic nitrogens is 4. The highest BCUT2D eigenvalue weighted by atomic mass is 32.2. The number of thioether (sulfide) groups is 1. The quantitative estimate of drug-likeness (QED) is 0.384. The third kappa shape index (κ3) is 4.90. The summed E-state index contributed by atoms with van der Waals surface area (Å²) >= 11 is 3.86. The highest BCUT2D eigenvalue weighted by Gasteiger charge is 2.13. The molecule has 1 aromatic carbocycles. The average molecular weight is 395 g/mol. The van der Waals surface area contributed by atoms with Crippen molar-refractivity contribution in [2.75, 3.05) is 0 Å². The van der Waals surface area contributed by atoms with Crippen LogP contribution in [0.1, 0.15) is 16.2 Å². The zero-order valence-corrected chi connectivity index (χ0v) is 16.9. The van der Waals surface area contributed by atoms with Crippen LogP contribution in [0.2, 0.25) is 0 Å². The van der Waals surface area contributed by atoms with Gasteiger partial charge in [-0.1, -0.05) is 0 Å². The van der Waals surface area contributed by atoms with E-state index in [0.29, 0.717) is 5.25 Å². The van der Waals surface area contributed by atoms with Crippen LogP contribution >= 0.6 is 23.1 Å². The van der Waals surface area contributed by atoms with Crippen LogP contribution in [0, 0.1) is 6.92 Å². The second-order valence-corrected chi connectivity index (χ2v) is 9.26. The van der Waals surface area contributed by atoms with Crippen molar-refractivity contribution >= 4 is 23.1 Å². The molecule has 0 N–H and O–H groups in total. The molecule has 0 saturated heterocycles. The molecule has 138 valence electrons. The summed E-state index contributed by atoms with van der Waals surface area (Å²) in [4.78, 5) is 12.5. The zero-order valence-electron chi connectivity index (χ0n) is 15.2. The molecule has 1 atom stereocenters. The van der Waals surface area contributed by atoms with Crippen molar-refractivity contribution in [3.05, 3.63) is 83.6 Å². The lowest BCUT2D eigenvalue weighted by molar-refractivity contribution is 0.626. The zero-order chi connectivity index (χ0) is 18.5. The molecule has 4 aromatic rings. The van der Waals surface area contributed by atoms with Crippen LogP contribution in [-0.2, 0) is 13.0 Å². The number of benzene rings is 1. The van der Waals surface area contributed by atoms with E-state index in [-0.39, 0.29) is 0 Å². The van der Waals surface area contributed by atoms with Crippen molar-refractivity contribution in [1.29, 1.82) is 0 Å². The Morgan fingerprint density at radius 3 is 2.48 bits per heavy atom. The molecule has 0 saturated carbocycles. The average Bonchev–Trinajstić information content (AvgIpc) is 3.44. The standard InChI is InChI=1S/C21H22N4S2/c1-17-2-5-19(26-17)8-9-21(14-24-12-10-22-15-24)27-20-6-3-18(4-7-20)25-13-11-23-16-25/h2-7,10-13,15-16,21H,8-9,14H2,1H3. The first kappa shape index (κ1) is 18.1. The molecule has 0 radical (unpaired) electrons. The van der Waals surface area contributed by atoms with Crippen LogP contribution in [0.15, 0.2) is 78.7 Å². The summed E-state index contributed by atoms with van der Waals surface area (Å²) in [6, 6.07) is 13.2. The van der Waals surface area contributed by atoms with E-state index < -0.39 is 0 Å². The van der Waals surface area contributed by atoms with E-state index in [4.69, 9.17) is 0 Å². The first-order valence-electron chi connectivity index (χ1n) is 9.02. The third-order valence-corrected chi connectivity index (χ3v) is 6.75. The molecule has 0 spiro atoms. The first-order chi connectivity index (χ1) is 13.3. The molecule has 0 aliphatic rings. The molecule has 1 unspecified atom stereocenters. The molecule has 3 heterocycles. The van der Waals surface area contributed by atoms with Gasteiger partial charge in [0.2, 0.25) is 0 Å². The second-order valence-electron chi connectivity index (χ2n) is 6.51. The fraction of sp³-hybridized carbons (Fsp3) is 0.238. The number of hydrogen-bond acceptors (Lipinski definition) is 4. The Hall–Kier alpha value is -2.31. The van der Waals surface area contributed by atoms with Gasteiger partial charge in [0.05, 0.1) is 12.7 Å². The summed E-state index contributed by atoms with van der Waals surface area (Å²) in [5, 5.41) is 0.501. The van der Waals surface area contributed by atoms with Crippen LogP contribution < -0.4 is 0 Å². The third-order valence-electron chi connectivity index (χ3n) is 4.42. The molecule has 27 heavy (non-hydrogen) atoms. The van der Waals surface area contributed by atoms with Crippen LogP contribution in [-0.4, -0.2) is 24.4 Å². The van der Waals surface area contributed by atoms with Crippen molar-refractivity contribution in [1.82, 2.24) is 19.1 Å². The minimum Gasteiger partial charge on any atom is -0.336 e.